The highest BCUT2D eigenvalue weighted by Crippen LogP contribution is 2.51. The summed E-state index contributed by atoms with van der Waals surface area (Å²) in [5, 5.41) is 6.40. The largest absolute Gasteiger partial charge is 0.467 e. The van der Waals surface area contributed by atoms with Crippen molar-refractivity contribution in [3.8, 4) is 6.01 Å². The van der Waals surface area contributed by atoms with Gasteiger partial charge in [0.25, 0.3) is 0 Å². The normalized spacial score (nSPS) is 16.3. The minimum absolute atomic E-state index is 0.336. The van der Waals surface area contributed by atoms with Crippen LogP contribution >= 0.6 is 0 Å². The quantitative estimate of drug-likeness (QED) is 0.787. The number of aromatic nitrogens is 3. The molecule has 0 amide bonds. The van der Waals surface area contributed by atoms with E-state index in [4.69, 9.17) is 4.74 Å². The molecule has 0 radical (unpaired) electrons. The van der Waals surface area contributed by atoms with E-state index in [0.29, 0.717) is 29.2 Å². The number of anilines is 2. The lowest BCUT2D eigenvalue weighted by atomic mass is 9.92. The van der Waals surface area contributed by atoms with Crippen LogP contribution in [0, 0.1) is 11.3 Å². The van der Waals surface area contributed by atoms with Crippen molar-refractivity contribution in [2.75, 3.05) is 30.8 Å². The lowest BCUT2D eigenvalue weighted by molar-refractivity contribution is 0.373. The van der Waals surface area contributed by atoms with Crippen LogP contribution < -0.4 is 15.4 Å². The molecule has 1 aromatic rings. The highest BCUT2D eigenvalue weighted by Gasteiger charge is 2.45. The van der Waals surface area contributed by atoms with Gasteiger partial charge in [0.15, 0.2) is 0 Å². The number of nitrogens with zero attached hydrogens (tertiary/aromatic N) is 3. The van der Waals surface area contributed by atoms with Gasteiger partial charge in [-0.1, -0.05) is 13.8 Å². The lowest BCUT2D eigenvalue weighted by Gasteiger charge is -2.20. The van der Waals surface area contributed by atoms with Gasteiger partial charge in [0.1, 0.15) is 0 Å². The van der Waals surface area contributed by atoms with Crippen molar-refractivity contribution in [1.29, 1.82) is 0 Å². The van der Waals surface area contributed by atoms with Gasteiger partial charge in [0.05, 0.1) is 7.11 Å². The maximum absolute atomic E-state index is 5.09. The Morgan fingerprint density at radius 2 is 1.79 bits per heavy atom. The third-order valence-corrected chi connectivity index (χ3v) is 3.85. The molecule has 0 saturated heterocycles. The average molecular weight is 265 g/mol. The Bertz CT molecular complexity index is 431. The van der Waals surface area contributed by atoms with Crippen molar-refractivity contribution >= 4 is 11.9 Å². The molecule has 1 heterocycles. The first-order chi connectivity index (χ1) is 9.09. The molecule has 1 aliphatic carbocycles. The third-order valence-electron chi connectivity index (χ3n) is 3.85. The Balaban J connectivity index is 2.05. The maximum Gasteiger partial charge on any atom is 0.322 e. The predicted octanol–water partition coefficient (Wildman–Crippen LogP) is 2.16. The van der Waals surface area contributed by atoms with Crippen LogP contribution in [0.15, 0.2) is 0 Å². The zero-order chi connectivity index (χ0) is 13.9. The standard InChI is InChI=1S/C13H23N5O/c1-5-14-10-16-11(18-12(17-10)19-4)15-8-13(6-7-13)9(2)3/h9H,5-8H2,1-4H3,(H2,14,15,16,17,18). The van der Waals surface area contributed by atoms with E-state index in [2.05, 4.69) is 39.4 Å². The van der Waals surface area contributed by atoms with E-state index in [9.17, 15) is 0 Å². The molecule has 6 heteroatoms. The van der Waals surface area contributed by atoms with Gasteiger partial charge in [-0.25, -0.2) is 0 Å². The second-order valence-corrected chi connectivity index (χ2v) is 5.37. The molecule has 1 aromatic heterocycles. The highest BCUT2D eigenvalue weighted by atomic mass is 16.5. The molecule has 106 valence electrons. The monoisotopic (exact) mass is 265 g/mol. The highest BCUT2D eigenvalue weighted by molar-refractivity contribution is 5.36. The third kappa shape index (κ3) is 3.24. The van der Waals surface area contributed by atoms with Crippen LogP contribution in [-0.4, -0.2) is 35.2 Å². The Kier molecular flexibility index (Phi) is 4.07. The van der Waals surface area contributed by atoms with Crippen LogP contribution in [0.3, 0.4) is 0 Å². The molecule has 19 heavy (non-hydrogen) atoms. The zero-order valence-corrected chi connectivity index (χ0v) is 12.2. The van der Waals surface area contributed by atoms with Gasteiger partial charge >= 0.3 is 6.01 Å². The van der Waals surface area contributed by atoms with Crippen molar-refractivity contribution in [1.82, 2.24) is 15.0 Å². The van der Waals surface area contributed by atoms with Crippen molar-refractivity contribution in [3.05, 3.63) is 0 Å². The molecule has 0 bridgehead atoms. The van der Waals surface area contributed by atoms with Crippen LogP contribution in [0.5, 0.6) is 6.01 Å². The van der Waals surface area contributed by atoms with E-state index in [-0.39, 0.29) is 0 Å². The molecule has 1 saturated carbocycles. The molecule has 1 aliphatic rings. The number of rotatable bonds is 7. The van der Waals surface area contributed by atoms with Crippen LogP contribution in [0.2, 0.25) is 0 Å². The topological polar surface area (TPSA) is 72.0 Å². The van der Waals surface area contributed by atoms with Gasteiger partial charge in [-0.15, -0.1) is 0 Å². The van der Waals surface area contributed by atoms with Gasteiger partial charge in [-0.3, -0.25) is 0 Å². The molecule has 0 unspecified atom stereocenters. The first kappa shape index (κ1) is 13.8. The van der Waals surface area contributed by atoms with Crippen molar-refractivity contribution in [3.63, 3.8) is 0 Å². The first-order valence-corrected chi connectivity index (χ1v) is 6.87. The van der Waals surface area contributed by atoms with Crippen molar-refractivity contribution in [2.45, 2.75) is 33.6 Å². The second kappa shape index (κ2) is 5.59. The van der Waals surface area contributed by atoms with Crippen LogP contribution in [0.1, 0.15) is 33.6 Å². The zero-order valence-electron chi connectivity index (χ0n) is 12.2. The summed E-state index contributed by atoms with van der Waals surface area (Å²) in [6.45, 7) is 8.22. The summed E-state index contributed by atoms with van der Waals surface area (Å²) < 4.78 is 5.09. The van der Waals surface area contributed by atoms with Gasteiger partial charge in [-0.05, 0) is 31.1 Å². The molecule has 2 rings (SSSR count). The predicted molar refractivity (Wildman–Crippen MR) is 75.5 cm³/mol. The summed E-state index contributed by atoms with van der Waals surface area (Å²) in [7, 11) is 1.56. The minimum Gasteiger partial charge on any atom is -0.467 e. The van der Waals surface area contributed by atoms with E-state index in [1.54, 1.807) is 7.11 Å². The number of hydrogen-bond acceptors (Lipinski definition) is 6. The van der Waals surface area contributed by atoms with E-state index >= 15 is 0 Å². The molecule has 6 nitrogen and oxygen atoms in total. The Morgan fingerprint density at radius 3 is 2.26 bits per heavy atom. The average Bonchev–Trinajstić information content (AvgIpc) is 3.18. The fourth-order valence-electron chi connectivity index (χ4n) is 2.14. The van der Waals surface area contributed by atoms with Crippen LogP contribution in [0.4, 0.5) is 11.9 Å². The summed E-state index contributed by atoms with van der Waals surface area (Å²) >= 11 is 0. The SMILES string of the molecule is CCNc1nc(NCC2(C(C)C)CC2)nc(OC)n1. The van der Waals surface area contributed by atoms with Gasteiger partial charge in [-0.2, -0.15) is 15.0 Å². The number of nitrogens with one attached hydrogen (secondary N) is 2. The molecule has 0 spiro atoms. The Hall–Kier alpha value is -1.59. The molecular weight excluding hydrogens is 242 g/mol. The molecule has 2 N–H and O–H groups in total. The van der Waals surface area contributed by atoms with E-state index in [0.717, 1.165) is 13.1 Å². The Labute approximate surface area is 114 Å². The lowest BCUT2D eigenvalue weighted by Crippen LogP contribution is -2.22. The fraction of sp³-hybridized carbons (Fsp3) is 0.769. The first-order valence-electron chi connectivity index (χ1n) is 6.87. The molecule has 0 aromatic carbocycles. The minimum atomic E-state index is 0.336. The van der Waals surface area contributed by atoms with Crippen LogP contribution in [0.25, 0.3) is 0 Å². The summed E-state index contributed by atoms with van der Waals surface area (Å²) in [6, 6.07) is 0.336. The van der Waals surface area contributed by atoms with E-state index in [1.165, 1.54) is 12.8 Å². The number of ether oxygens (including phenoxy) is 1. The summed E-state index contributed by atoms with van der Waals surface area (Å²) in [5.41, 5.74) is 0.415. The van der Waals surface area contributed by atoms with Crippen molar-refractivity contribution in [2.24, 2.45) is 11.3 Å². The second-order valence-electron chi connectivity index (χ2n) is 5.37. The Morgan fingerprint density at radius 1 is 1.16 bits per heavy atom. The fourth-order valence-corrected chi connectivity index (χ4v) is 2.14. The molecule has 1 fully saturated rings. The molecule has 0 atom stereocenters. The maximum atomic E-state index is 5.09. The van der Waals surface area contributed by atoms with E-state index in [1.807, 2.05) is 6.92 Å². The van der Waals surface area contributed by atoms with Gasteiger partial charge in [0.2, 0.25) is 11.9 Å². The number of hydrogen-bond donors (Lipinski definition) is 2. The van der Waals surface area contributed by atoms with Gasteiger partial charge < -0.3 is 15.4 Å². The summed E-state index contributed by atoms with van der Waals surface area (Å²) in [5.74, 6) is 1.80. The van der Waals surface area contributed by atoms with Crippen molar-refractivity contribution < 1.29 is 4.74 Å². The van der Waals surface area contributed by atoms with E-state index < -0.39 is 0 Å². The summed E-state index contributed by atoms with van der Waals surface area (Å²) in [4.78, 5) is 12.7. The molecule has 0 aliphatic heterocycles. The molecular formula is C13H23N5O. The van der Waals surface area contributed by atoms with Crippen LogP contribution in [-0.2, 0) is 0 Å². The summed E-state index contributed by atoms with van der Waals surface area (Å²) in [6.07, 6.45) is 2.56. The van der Waals surface area contributed by atoms with Gasteiger partial charge in [0, 0.05) is 13.1 Å². The number of methoxy groups -OCH3 is 1. The smallest absolute Gasteiger partial charge is 0.322 e.